The second-order valence-electron chi connectivity index (χ2n) is 5.20. The molecular weight excluding hydrogens is 220 g/mol. The fraction of sp³-hybridized carbons (Fsp3) is 0.294. The molecule has 0 heterocycles. The van der Waals surface area contributed by atoms with Crippen LogP contribution in [0.5, 0.6) is 0 Å². The quantitative estimate of drug-likeness (QED) is 0.760. The van der Waals surface area contributed by atoms with Gasteiger partial charge in [-0.1, -0.05) is 60.7 Å². The van der Waals surface area contributed by atoms with Crippen LogP contribution in [0.1, 0.15) is 25.0 Å². The molecule has 0 bridgehead atoms. The van der Waals surface area contributed by atoms with Gasteiger partial charge in [0.25, 0.3) is 0 Å². The minimum absolute atomic E-state index is 0.142. The number of hydrogen-bond acceptors (Lipinski definition) is 1. The maximum absolute atomic E-state index is 6.02. The van der Waals surface area contributed by atoms with Crippen LogP contribution in [0.15, 0.2) is 60.7 Å². The van der Waals surface area contributed by atoms with Gasteiger partial charge in [0.05, 0.1) is 12.2 Å². The summed E-state index contributed by atoms with van der Waals surface area (Å²) in [4.78, 5) is 0. The van der Waals surface area contributed by atoms with E-state index in [2.05, 4.69) is 50.2 Å². The van der Waals surface area contributed by atoms with Crippen LogP contribution >= 0.6 is 0 Å². The third-order valence-electron chi connectivity index (χ3n) is 2.95. The van der Waals surface area contributed by atoms with Crippen molar-refractivity contribution in [1.29, 1.82) is 0 Å². The molecule has 0 aliphatic carbocycles. The van der Waals surface area contributed by atoms with Gasteiger partial charge in [-0.25, -0.2) is 0 Å². The van der Waals surface area contributed by atoms with Gasteiger partial charge in [-0.05, 0) is 25.0 Å². The average Bonchev–Trinajstić information content (AvgIpc) is 2.38. The first-order chi connectivity index (χ1) is 8.66. The van der Waals surface area contributed by atoms with Crippen molar-refractivity contribution in [1.82, 2.24) is 0 Å². The Morgan fingerprint density at radius 2 is 1.28 bits per heavy atom. The Balaban J connectivity index is 1.91. The molecule has 2 rings (SSSR count). The van der Waals surface area contributed by atoms with E-state index in [4.69, 9.17) is 4.74 Å². The molecule has 0 unspecified atom stereocenters. The van der Waals surface area contributed by atoms with Crippen LogP contribution in [-0.4, -0.2) is 5.60 Å². The van der Waals surface area contributed by atoms with Crippen molar-refractivity contribution in [3.05, 3.63) is 71.8 Å². The SMILES string of the molecule is CC(C)(Cc1ccccc1)OCc1ccccc1. The zero-order valence-corrected chi connectivity index (χ0v) is 11.1. The standard InChI is InChI=1S/C17H20O/c1-17(2,13-15-9-5-3-6-10-15)18-14-16-11-7-4-8-12-16/h3-12H,13-14H2,1-2H3. The van der Waals surface area contributed by atoms with Crippen LogP contribution in [0, 0.1) is 0 Å². The predicted octanol–water partition coefficient (Wildman–Crippen LogP) is 4.22. The second-order valence-corrected chi connectivity index (χ2v) is 5.20. The fourth-order valence-corrected chi connectivity index (χ4v) is 1.99. The van der Waals surface area contributed by atoms with Crippen molar-refractivity contribution < 1.29 is 4.74 Å². The van der Waals surface area contributed by atoms with E-state index in [1.54, 1.807) is 0 Å². The Labute approximate surface area is 109 Å². The molecule has 1 nitrogen and oxygen atoms in total. The van der Waals surface area contributed by atoms with Crippen molar-refractivity contribution >= 4 is 0 Å². The molecule has 94 valence electrons. The summed E-state index contributed by atoms with van der Waals surface area (Å²) in [7, 11) is 0. The van der Waals surface area contributed by atoms with Gasteiger partial charge in [-0.2, -0.15) is 0 Å². The highest BCUT2D eigenvalue weighted by Crippen LogP contribution is 2.18. The summed E-state index contributed by atoms with van der Waals surface area (Å²) in [5, 5.41) is 0. The lowest BCUT2D eigenvalue weighted by Gasteiger charge is -2.25. The lowest BCUT2D eigenvalue weighted by molar-refractivity contribution is -0.0287. The van der Waals surface area contributed by atoms with Crippen molar-refractivity contribution in [2.24, 2.45) is 0 Å². The summed E-state index contributed by atoms with van der Waals surface area (Å²) >= 11 is 0. The lowest BCUT2D eigenvalue weighted by Crippen LogP contribution is -2.27. The van der Waals surface area contributed by atoms with Crippen LogP contribution in [0.3, 0.4) is 0 Å². The van der Waals surface area contributed by atoms with Gasteiger partial charge in [0.2, 0.25) is 0 Å². The first kappa shape index (κ1) is 12.8. The van der Waals surface area contributed by atoms with Crippen molar-refractivity contribution in [3.8, 4) is 0 Å². The van der Waals surface area contributed by atoms with Crippen LogP contribution in [0.25, 0.3) is 0 Å². The van der Waals surface area contributed by atoms with E-state index >= 15 is 0 Å². The highest BCUT2D eigenvalue weighted by molar-refractivity contribution is 5.17. The summed E-state index contributed by atoms with van der Waals surface area (Å²) in [6.07, 6.45) is 0.931. The molecule has 18 heavy (non-hydrogen) atoms. The summed E-state index contributed by atoms with van der Waals surface area (Å²) in [5.41, 5.74) is 2.39. The normalized spacial score (nSPS) is 11.4. The minimum atomic E-state index is -0.142. The molecule has 0 saturated heterocycles. The zero-order chi connectivity index (χ0) is 12.8. The lowest BCUT2D eigenvalue weighted by atomic mass is 9.98. The average molecular weight is 240 g/mol. The van der Waals surface area contributed by atoms with Gasteiger partial charge in [0, 0.05) is 6.42 Å². The molecule has 2 aromatic rings. The molecule has 0 N–H and O–H groups in total. The van der Waals surface area contributed by atoms with Gasteiger partial charge in [-0.15, -0.1) is 0 Å². The van der Waals surface area contributed by atoms with E-state index in [9.17, 15) is 0 Å². The van der Waals surface area contributed by atoms with E-state index in [0.29, 0.717) is 6.61 Å². The van der Waals surface area contributed by atoms with E-state index < -0.39 is 0 Å². The van der Waals surface area contributed by atoms with Crippen LogP contribution < -0.4 is 0 Å². The third-order valence-corrected chi connectivity index (χ3v) is 2.95. The topological polar surface area (TPSA) is 9.23 Å². The molecule has 2 aromatic carbocycles. The van der Waals surface area contributed by atoms with Gasteiger partial charge in [0.15, 0.2) is 0 Å². The van der Waals surface area contributed by atoms with E-state index in [0.717, 1.165) is 6.42 Å². The monoisotopic (exact) mass is 240 g/mol. The fourth-order valence-electron chi connectivity index (χ4n) is 1.99. The van der Waals surface area contributed by atoms with E-state index in [1.165, 1.54) is 11.1 Å². The molecule has 0 aliphatic rings. The Kier molecular flexibility index (Phi) is 4.16. The smallest absolute Gasteiger partial charge is 0.0724 e. The highest BCUT2D eigenvalue weighted by Gasteiger charge is 2.18. The molecular formula is C17H20O. The number of hydrogen-bond donors (Lipinski definition) is 0. The summed E-state index contributed by atoms with van der Waals surface area (Å²) in [6, 6.07) is 20.8. The van der Waals surface area contributed by atoms with Crippen LogP contribution in [-0.2, 0) is 17.8 Å². The minimum Gasteiger partial charge on any atom is -0.371 e. The van der Waals surface area contributed by atoms with Crippen molar-refractivity contribution in [2.45, 2.75) is 32.5 Å². The van der Waals surface area contributed by atoms with Crippen LogP contribution in [0.2, 0.25) is 0 Å². The largest absolute Gasteiger partial charge is 0.371 e. The van der Waals surface area contributed by atoms with E-state index in [-0.39, 0.29) is 5.60 Å². The third kappa shape index (κ3) is 4.01. The molecule has 0 atom stereocenters. The van der Waals surface area contributed by atoms with Gasteiger partial charge in [0.1, 0.15) is 0 Å². The Morgan fingerprint density at radius 1 is 0.778 bits per heavy atom. The Hall–Kier alpha value is -1.60. The number of rotatable bonds is 5. The van der Waals surface area contributed by atoms with Gasteiger partial charge < -0.3 is 4.74 Å². The van der Waals surface area contributed by atoms with Gasteiger partial charge in [-0.3, -0.25) is 0 Å². The Morgan fingerprint density at radius 3 is 1.83 bits per heavy atom. The summed E-state index contributed by atoms with van der Waals surface area (Å²) in [5.74, 6) is 0. The van der Waals surface area contributed by atoms with E-state index in [1.807, 2.05) is 24.3 Å². The molecule has 0 spiro atoms. The molecule has 0 amide bonds. The van der Waals surface area contributed by atoms with Crippen molar-refractivity contribution in [2.75, 3.05) is 0 Å². The number of ether oxygens (including phenoxy) is 1. The molecule has 0 fully saturated rings. The first-order valence-corrected chi connectivity index (χ1v) is 6.37. The summed E-state index contributed by atoms with van der Waals surface area (Å²) in [6.45, 7) is 4.95. The second kappa shape index (κ2) is 5.83. The maximum Gasteiger partial charge on any atom is 0.0724 e. The molecule has 0 saturated carbocycles. The molecule has 1 heteroatoms. The van der Waals surface area contributed by atoms with Crippen LogP contribution in [0.4, 0.5) is 0 Å². The maximum atomic E-state index is 6.02. The number of benzene rings is 2. The summed E-state index contributed by atoms with van der Waals surface area (Å²) < 4.78 is 6.02. The predicted molar refractivity (Wildman–Crippen MR) is 75.5 cm³/mol. The Bertz CT molecular complexity index is 459. The highest BCUT2D eigenvalue weighted by atomic mass is 16.5. The van der Waals surface area contributed by atoms with Gasteiger partial charge >= 0.3 is 0 Å². The molecule has 0 aromatic heterocycles. The first-order valence-electron chi connectivity index (χ1n) is 6.37. The van der Waals surface area contributed by atoms with Crippen molar-refractivity contribution in [3.63, 3.8) is 0 Å². The molecule has 0 radical (unpaired) electrons. The zero-order valence-electron chi connectivity index (χ0n) is 11.1. The molecule has 0 aliphatic heterocycles.